The summed E-state index contributed by atoms with van der Waals surface area (Å²) in [6, 6.07) is 24.8. The number of hydrogen-bond acceptors (Lipinski definition) is 2. The second-order valence-corrected chi connectivity index (χ2v) is 8.96. The number of anilines is 1. The molecule has 3 aromatic rings. The first-order valence-corrected chi connectivity index (χ1v) is 10.9. The van der Waals surface area contributed by atoms with Crippen molar-refractivity contribution < 1.29 is 8.42 Å². The number of sulfonamides is 1. The van der Waals surface area contributed by atoms with Crippen LogP contribution >= 0.6 is 0 Å². The first-order valence-electron chi connectivity index (χ1n) is 9.46. The number of para-hydroxylation sites is 1. The molecule has 1 heterocycles. The standard InChI is InChI=1S/C24H23NO2S/c1-19-14-16-23(17-15-19)28(26,27)25-22(18-21-11-5-6-13-24(21)25)12-7-10-20-8-3-2-4-9-20/h2-11,13-17,22H,12,18H2,1H3/b10-7+/t22-/m0/s1. The minimum atomic E-state index is -3.61. The zero-order valence-corrected chi connectivity index (χ0v) is 16.6. The fourth-order valence-electron chi connectivity index (χ4n) is 3.69. The van der Waals surface area contributed by atoms with Crippen LogP contribution in [0.25, 0.3) is 6.08 Å². The maximum absolute atomic E-state index is 13.5. The van der Waals surface area contributed by atoms with Crippen LogP contribution in [0.5, 0.6) is 0 Å². The van der Waals surface area contributed by atoms with E-state index < -0.39 is 10.0 Å². The van der Waals surface area contributed by atoms with Gasteiger partial charge in [-0.3, -0.25) is 4.31 Å². The highest BCUT2D eigenvalue weighted by Gasteiger charge is 2.37. The molecule has 0 saturated heterocycles. The van der Waals surface area contributed by atoms with Crippen molar-refractivity contribution in [2.45, 2.75) is 30.7 Å². The maximum Gasteiger partial charge on any atom is 0.264 e. The lowest BCUT2D eigenvalue weighted by atomic mass is 10.1. The quantitative estimate of drug-likeness (QED) is 0.600. The Kier molecular flexibility index (Phi) is 5.05. The van der Waals surface area contributed by atoms with Crippen molar-refractivity contribution in [1.29, 1.82) is 0 Å². The first-order chi connectivity index (χ1) is 13.6. The van der Waals surface area contributed by atoms with Gasteiger partial charge in [-0.2, -0.15) is 0 Å². The number of fused-ring (bicyclic) bond motifs is 1. The predicted octanol–water partition coefficient (Wildman–Crippen LogP) is 5.22. The van der Waals surface area contributed by atoms with E-state index in [2.05, 4.69) is 12.2 Å². The van der Waals surface area contributed by atoms with Crippen molar-refractivity contribution in [2.75, 3.05) is 4.31 Å². The number of aryl methyl sites for hydroxylation is 1. The monoisotopic (exact) mass is 389 g/mol. The molecule has 0 aliphatic carbocycles. The summed E-state index contributed by atoms with van der Waals surface area (Å²) in [6.07, 6.45) is 5.51. The van der Waals surface area contributed by atoms with Crippen LogP contribution in [0.15, 0.2) is 89.8 Å². The summed E-state index contributed by atoms with van der Waals surface area (Å²) < 4.78 is 28.5. The molecule has 0 unspecified atom stereocenters. The first kappa shape index (κ1) is 18.5. The molecule has 0 amide bonds. The van der Waals surface area contributed by atoms with E-state index in [9.17, 15) is 8.42 Å². The molecule has 1 aliphatic heterocycles. The zero-order chi connectivity index (χ0) is 19.6. The van der Waals surface area contributed by atoms with Crippen LogP contribution in [0, 0.1) is 6.92 Å². The molecule has 3 aromatic carbocycles. The summed E-state index contributed by atoms with van der Waals surface area (Å²) in [6.45, 7) is 1.96. The third-order valence-corrected chi connectivity index (χ3v) is 6.99. The number of rotatable bonds is 5. The van der Waals surface area contributed by atoms with Gasteiger partial charge >= 0.3 is 0 Å². The summed E-state index contributed by atoms with van der Waals surface area (Å²) in [7, 11) is -3.61. The van der Waals surface area contributed by atoms with Gasteiger partial charge in [0, 0.05) is 0 Å². The highest BCUT2D eigenvalue weighted by molar-refractivity contribution is 7.92. The molecule has 28 heavy (non-hydrogen) atoms. The van der Waals surface area contributed by atoms with Crippen molar-refractivity contribution in [3.63, 3.8) is 0 Å². The Morgan fingerprint density at radius 2 is 1.61 bits per heavy atom. The molecule has 4 rings (SSSR count). The Bertz CT molecular complexity index is 1090. The second kappa shape index (κ2) is 7.64. The highest BCUT2D eigenvalue weighted by atomic mass is 32.2. The van der Waals surface area contributed by atoms with E-state index in [0.717, 1.165) is 28.8 Å². The van der Waals surface area contributed by atoms with Gasteiger partial charge in [-0.15, -0.1) is 0 Å². The van der Waals surface area contributed by atoms with Crippen molar-refractivity contribution in [2.24, 2.45) is 0 Å². The Morgan fingerprint density at radius 3 is 2.36 bits per heavy atom. The van der Waals surface area contributed by atoms with Gasteiger partial charge in [0.05, 0.1) is 16.6 Å². The molecule has 0 fully saturated rings. The average Bonchev–Trinajstić information content (AvgIpc) is 3.08. The predicted molar refractivity (Wildman–Crippen MR) is 115 cm³/mol. The Morgan fingerprint density at radius 1 is 0.929 bits per heavy atom. The Labute approximate surface area is 167 Å². The minimum absolute atomic E-state index is 0.122. The van der Waals surface area contributed by atoms with Crippen molar-refractivity contribution in [3.05, 3.63) is 102 Å². The topological polar surface area (TPSA) is 37.4 Å². The summed E-state index contributed by atoms with van der Waals surface area (Å²) in [5.74, 6) is 0. The molecular formula is C24H23NO2S. The van der Waals surface area contributed by atoms with E-state index in [-0.39, 0.29) is 6.04 Å². The third kappa shape index (κ3) is 3.60. The Hall–Kier alpha value is -2.85. The van der Waals surface area contributed by atoms with Gasteiger partial charge in [-0.25, -0.2) is 8.42 Å². The van der Waals surface area contributed by atoms with Crippen LogP contribution in [-0.2, 0) is 16.4 Å². The minimum Gasteiger partial charge on any atom is -0.262 e. The largest absolute Gasteiger partial charge is 0.264 e. The van der Waals surface area contributed by atoms with Crippen molar-refractivity contribution >= 4 is 21.8 Å². The van der Waals surface area contributed by atoms with Crippen LogP contribution in [0.4, 0.5) is 5.69 Å². The van der Waals surface area contributed by atoms with Gasteiger partial charge in [0.15, 0.2) is 0 Å². The molecular weight excluding hydrogens is 366 g/mol. The van der Waals surface area contributed by atoms with E-state index in [1.807, 2.05) is 73.7 Å². The van der Waals surface area contributed by atoms with Crippen LogP contribution in [-0.4, -0.2) is 14.5 Å². The lowest BCUT2D eigenvalue weighted by Crippen LogP contribution is -2.37. The van der Waals surface area contributed by atoms with Crippen molar-refractivity contribution in [3.8, 4) is 0 Å². The molecule has 142 valence electrons. The summed E-state index contributed by atoms with van der Waals surface area (Å²) in [5, 5.41) is 0. The van der Waals surface area contributed by atoms with Crippen LogP contribution in [0.2, 0.25) is 0 Å². The molecule has 0 N–H and O–H groups in total. The summed E-state index contributed by atoms with van der Waals surface area (Å²) >= 11 is 0. The summed E-state index contributed by atoms with van der Waals surface area (Å²) in [5.41, 5.74) is 4.03. The highest BCUT2D eigenvalue weighted by Crippen LogP contribution is 2.38. The fourth-order valence-corrected chi connectivity index (χ4v) is 5.38. The van der Waals surface area contributed by atoms with E-state index in [0.29, 0.717) is 11.3 Å². The van der Waals surface area contributed by atoms with E-state index in [1.165, 1.54) is 0 Å². The molecule has 0 bridgehead atoms. The third-order valence-electron chi connectivity index (χ3n) is 5.11. The molecule has 0 saturated carbocycles. The lowest BCUT2D eigenvalue weighted by molar-refractivity contribution is 0.579. The van der Waals surface area contributed by atoms with E-state index in [4.69, 9.17) is 0 Å². The second-order valence-electron chi connectivity index (χ2n) is 7.15. The molecule has 0 aromatic heterocycles. The van der Waals surface area contributed by atoms with Gasteiger partial charge in [-0.1, -0.05) is 78.4 Å². The van der Waals surface area contributed by atoms with E-state index in [1.54, 1.807) is 16.4 Å². The van der Waals surface area contributed by atoms with Crippen molar-refractivity contribution in [1.82, 2.24) is 0 Å². The van der Waals surface area contributed by atoms with Gasteiger partial charge in [-0.05, 0) is 49.1 Å². The molecule has 3 nitrogen and oxygen atoms in total. The maximum atomic E-state index is 13.5. The van der Waals surface area contributed by atoms with Gasteiger partial charge in [0.25, 0.3) is 10.0 Å². The SMILES string of the molecule is Cc1ccc(S(=O)(=O)N2c3ccccc3C[C@@H]2C/C=C/c2ccccc2)cc1. The number of benzene rings is 3. The normalized spacial score (nSPS) is 16.5. The van der Waals surface area contributed by atoms with Crippen LogP contribution in [0.3, 0.4) is 0 Å². The average molecular weight is 390 g/mol. The molecule has 0 radical (unpaired) electrons. The molecule has 0 spiro atoms. The molecule has 1 aliphatic rings. The lowest BCUT2D eigenvalue weighted by Gasteiger charge is -2.26. The van der Waals surface area contributed by atoms with Gasteiger partial charge < -0.3 is 0 Å². The van der Waals surface area contributed by atoms with Gasteiger partial charge in [0.1, 0.15) is 0 Å². The Balaban J connectivity index is 1.66. The molecule has 4 heteroatoms. The number of hydrogen-bond donors (Lipinski definition) is 0. The zero-order valence-electron chi connectivity index (χ0n) is 15.8. The smallest absolute Gasteiger partial charge is 0.262 e. The summed E-state index contributed by atoms with van der Waals surface area (Å²) in [4.78, 5) is 0.340. The van der Waals surface area contributed by atoms with Crippen LogP contribution < -0.4 is 4.31 Å². The van der Waals surface area contributed by atoms with E-state index >= 15 is 0 Å². The molecule has 1 atom stereocenters. The number of nitrogens with zero attached hydrogens (tertiary/aromatic N) is 1. The van der Waals surface area contributed by atoms with Gasteiger partial charge in [0.2, 0.25) is 0 Å². The fraction of sp³-hybridized carbons (Fsp3) is 0.167. The van der Waals surface area contributed by atoms with Crippen LogP contribution in [0.1, 0.15) is 23.1 Å².